The van der Waals surface area contributed by atoms with E-state index in [1.165, 1.54) is 4.90 Å². The molecule has 6 heteroatoms. The average molecular weight is 277 g/mol. The number of hydrogen-bond donors (Lipinski definition) is 1. The number of nitrogens with zero attached hydrogens (tertiary/aromatic N) is 3. The zero-order valence-electron chi connectivity index (χ0n) is 9.51. The third-order valence-corrected chi connectivity index (χ3v) is 3.53. The molecule has 1 N–H and O–H groups in total. The molecular weight excluding hydrogens is 268 g/mol. The highest BCUT2D eigenvalue weighted by molar-refractivity contribution is 7.98. The highest BCUT2D eigenvalue weighted by atomic mass is 35.5. The lowest BCUT2D eigenvalue weighted by Gasteiger charge is -2.03. The second kappa shape index (κ2) is 4.59. The van der Waals surface area contributed by atoms with E-state index in [2.05, 4.69) is 32.1 Å². The Bertz CT molecular complexity index is 693. The van der Waals surface area contributed by atoms with Gasteiger partial charge in [0.15, 0.2) is 5.65 Å². The van der Waals surface area contributed by atoms with Gasteiger partial charge in [-0.25, -0.2) is 9.97 Å². The monoisotopic (exact) mass is 276 g/mol. The van der Waals surface area contributed by atoms with Crippen molar-refractivity contribution in [3.8, 4) is 11.3 Å². The Balaban J connectivity index is 2.20. The second-order valence-electron chi connectivity index (χ2n) is 3.67. The molecule has 3 aromatic rings. The highest BCUT2D eigenvalue weighted by Gasteiger charge is 2.10. The summed E-state index contributed by atoms with van der Waals surface area (Å²) in [4.78, 5) is 16.7. The fourth-order valence-corrected chi connectivity index (χ4v) is 2.34. The number of benzene rings is 1. The Morgan fingerprint density at radius 2 is 1.94 bits per heavy atom. The van der Waals surface area contributed by atoms with Crippen LogP contribution in [0.2, 0.25) is 5.28 Å². The second-order valence-corrected chi connectivity index (χ2v) is 4.89. The van der Waals surface area contributed by atoms with E-state index in [1.54, 1.807) is 18.1 Å². The zero-order valence-corrected chi connectivity index (χ0v) is 11.1. The van der Waals surface area contributed by atoms with Gasteiger partial charge in [0, 0.05) is 10.5 Å². The van der Waals surface area contributed by atoms with Gasteiger partial charge in [-0.1, -0.05) is 12.1 Å². The minimum Gasteiger partial charge on any atom is -0.341 e. The van der Waals surface area contributed by atoms with E-state index in [0.717, 1.165) is 16.8 Å². The van der Waals surface area contributed by atoms with Crippen LogP contribution in [0, 0.1) is 0 Å². The summed E-state index contributed by atoms with van der Waals surface area (Å²) in [5.41, 5.74) is 3.15. The van der Waals surface area contributed by atoms with Gasteiger partial charge in [-0.2, -0.15) is 4.98 Å². The van der Waals surface area contributed by atoms with Crippen molar-refractivity contribution < 1.29 is 0 Å². The zero-order chi connectivity index (χ0) is 12.5. The maximum Gasteiger partial charge on any atom is 0.225 e. The maximum absolute atomic E-state index is 5.91. The van der Waals surface area contributed by atoms with Gasteiger partial charge in [0.1, 0.15) is 11.2 Å². The lowest BCUT2D eigenvalue weighted by molar-refractivity contribution is 1.20. The summed E-state index contributed by atoms with van der Waals surface area (Å²) in [6.45, 7) is 0. The molecule has 0 unspecified atom stereocenters. The fourth-order valence-electron chi connectivity index (χ4n) is 1.76. The van der Waals surface area contributed by atoms with Gasteiger partial charge in [0.05, 0.1) is 6.33 Å². The molecular formula is C12H9ClN4S. The van der Waals surface area contributed by atoms with Crippen LogP contribution in [0.4, 0.5) is 0 Å². The van der Waals surface area contributed by atoms with Crippen LogP contribution < -0.4 is 0 Å². The van der Waals surface area contributed by atoms with Crippen molar-refractivity contribution in [2.24, 2.45) is 0 Å². The predicted molar refractivity (Wildman–Crippen MR) is 73.9 cm³/mol. The van der Waals surface area contributed by atoms with Crippen LogP contribution >= 0.6 is 23.4 Å². The lowest BCUT2D eigenvalue weighted by atomic mass is 10.1. The molecule has 0 aliphatic rings. The molecule has 0 aliphatic carbocycles. The van der Waals surface area contributed by atoms with Crippen molar-refractivity contribution in [3.63, 3.8) is 0 Å². The van der Waals surface area contributed by atoms with Crippen LogP contribution in [0.25, 0.3) is 22.4 Å². The number of hydrogen-bond acceptors (Lipinski definition) is 4. The van der Waals surface area contributed by atoms with Gasteiger partial charge in [0.25, 0.3) is 0 Å². The van der Waals surface area contributed by atoms with E-state index in [4.69, 9.17) is 11.6 Å². The molecule has 0 aliphatic heterocycles. The summed E-state index contributed by atoms with van der Waals surface area (Å²) in [7, 11) is 0. The molecule has 3 rings (SSSR count). The topological polar surface area (TPSA) is 54.5 Å². The first-order valence-electron chi connectivity index (χ1n) is 5.29. The van der Waals surface area contributed by atoms with E-state index < -0.39 is 0 Å². The Labute approximate surface area is 113 Å². The Morgan fingerprint density at radius 3 is 2.67 bits per heavy atom. The van der Waals surface area contributed by atoms with E-state index >= 15 is 0 Å². The number of halogens is 1. The van der Waals surface area contributed by atoms with Gasteiger partial charge < -0.3 is 4.98 Å². The summed E-state index contributed by atoms with van der Waals surface area (Å²) in [5, 5.41) is 0.207. The van der Waals surface area contributed by atoms with Crippen molar-refractivity contribution in [1.29, 1.82) is 0 Å². The van der Waals surface area contributed by atoms with E-state index in [9.17, 15) is 0 Å². The third-order valence-electron chi connectivity index (χ3n) is 2.62. The molecule has 0 saturated heterocycles. The lowest BCUT2D eigenvalue weighted by Crippen LogP contribution is -1.90. The van der Waals surface area contributed by atoms with Gasteiger partial charge >= 0.3 is 0 Å². The molecule has 0 bridgehead atoms. The first-order chi connectivity index (χ1) is 8.78. The first-order valence-corrected chi connectivity index (χ1v) is 6.89. The van der Waals surface area contributed by atoms with Crippen LogP contribution in [0.5, 0.6) is 0 Å². The number of aromatic amines is 1. The number of H-pyrrole nitrogens is 1. The number of imidazole rings is 1. The van der Waals surface area contributed by atoms with Crippen molar-refractivity contribution >= 4 is 34.5 Å². The first kappa shape index (κ1) is 11.5. The molecule has 0 amide bonds. The highest BCUT2D eigenvalue weighted by Crippen LogP contribution is 2.26. The number of rotatable bonds is 2. The number of fused-ring (bicyclic) bond motifs is 1. The molecule has 90 valence electrons. The fraction of sp³-hybridized carbons (Fsp3) is 0.0833. The molecule has 0 spiro atoms. The number of thioether (sulfide) groups is 1. The molecule has 2 aromatic heterocycles. The van der Waals surface area contributed by atoms with Gasteiger partial charge in [0.2, 0.25) is 5.28 Å². The van der Waals surface area contributed by atoms with E-state index in [1.807, 2.05) is 18.4 Å². The summed E-state index contributed by atoms with van der Waals surface area (Å²) in [6.07, 6.45) is 3.64. The van der Waals surface area contributed by atoms with Crippen molar-refractivity contribution in [2.75, 3.05) is 6.26 Å². The standard InChI is InChI=1S/C12H9ClN4S/c1-18-8-4-2-7(3-5-8)9-10-11(15-6-14-10)17-12(13)16-9/h2-6H,1H3,(H,14,15,16,17). The SMILES string of the molecule is CSc1ccc(-c2nc(Cl)nc3nc[nH]c23)cc1. The van der Waals surface area contributed by atoms with Crippen LogP contribution in [0.15, 0.2) is 35.5 Å². The molecule has 4 nitrogen and oxygen atoms in total. The molecule has 0 fully saturated rings. The summed E-state index contributed by atoms with van der Waals surface area (Å²) in [5.74, 6) is 0. The molecule has 1 aromatic carbocycles. The van der Waals surface area contributed by atoms with Gasteiger partial charge in [-0.15, -0.1) is 11.8 Å². The number of nitrogens with one attached hydrogen (secondary N) is 1. The maximum atomic E-state index is 5.91. The van der Waals surface area contributed by atoms with Gasteiger partial charge in [-0.05, 0) is 30.0 Å². The van der Waals surface area contributed by atoms with E-state index in [0.29, 0.717) is 5.65 Å². The molecule has 18 heavy (non-hydrogen) atoms. The Morgan fingerprint density at radius 1 is 1.17 bits per heavy atom. The Kier molecular flexibility index (Phi) is 2.93. The van der Waals surface area contributed by atoms with Crippen molar-refractivity contribution in [2.45, 2.75) is 4.90 Å². The van der Waals surface area contributed by atoms with Crippen molar-refractivity contribution in [1.82, 2.24) is 19.9 Å². The van der Waals surface area contributed by atoms with Crippen LogP contribution in [0.3, 0.4) is 0 Å². The predicted octanol–water partition coefficient (Wildman–Crippen LogP) is 3.40. The van der Waals surface area contributed by atoms with E-state index in [-0.39, 0.29) is 5.28 Å². The Hall–Kier alpha value is -1.59. The molecule has 0 radical (unpaired) electrons. The summed E-state index contributed by atoms with van der Waals surface area (Å²) >= 11 is 7.61. The smallest absolute Gasteiger partial charge is 0.225 e. The molecule has 0 saturated carbocycles. The minimum atomic E-state index is 0.207. The quantitative estimate of drug-likeness (QED) is 0.576. The number of aromatic nitrogens is 4. The van der Waals surface area contributed by atoms with Crippen LogP contribution in [-0.2, 0) is 0 Å². The van der Waals surface area contributed by atoms with Gasteiger partial charge in [-0.3, -0.25) is 0 Å². The van der Waals surface area contributed by atoms with Crippen LogP contribution in [-0.4, -0.2) is 26.2 Å². The van der Waals surface area contributed by atoms with Crippen molar-refractivity contribution in [3.05, 3.63) is 35.9 Å². The summed E-state index contributed by atoms with van der Waals surface area (Å²) in [6, 6.07) is 8.14. The normalized spacial score (nSPS) is 11.0. The largest absolute Gasteiger partial charge is 0.341 e. The average Bonchev–Trinajstić information content (AvgIpc) is 2.86. The summed E-state index contributed by atoms with van der Waals surface area (Å²) < 4.78 is 0. The molecule has 0 atom stereocenters. The van der Waals surface area contributed by atoms with Crippen LogP contribution in [0.1, 0.15) is 0 Å². The third kappa shape index (κ3) is 1.95. The minimum absolute atomic E-state index is 0.207. The molecule has 2 heterocycles.